The van der Waals surface area contributed by atoms with Gasteiger partial charge in [-0.25, -0.2) is 0 Å². The van der Waals surface area contributed by atoms with Gasteiger partial charge in [0.15, 0.2) is 0 Å². The summed E-state index contributed by atoms with van der Waals surface area (Å²) in [4.78, 5) is 9.17. The first-order valence-electron chi connectivity index (χ1n) is 7.63. The van der Waals surface area contributed by atoms with E-state index in [1.54, 1.807) is 0 Å². The van der Waals surface area contributed by atoms with Crippen LogP contribution in [0.1, 0.15) is 26.5 Å². The molecule has 0 fully saturated rings. The van der Waals surface area contributed by atoms with Crippen LogP contribution in [-0.2, 0) is 5.41 Å². The molecule has 0 spiro atoms. The van der Waals surface area contributed by atoms with E-state index in [4.69, 9.17) is 0 Å². The van der Waals surface area contributed by atoms with Crippen LogP contribution in [0.5, 0.6) is 0 Å². The van der Waals surface area contributed by atoms with E-state index in [1.807, 2.05) is 36.7 Å². The summed E-state index contributed by atoms with van der Waals surface area (Å²) >= 11 is 3.59. The Morgan fingerprint density at radius 3 is 2.04 bits per heavy atom. The minimum absolute atomic E-state index is 0.0649. The van der Waals surface area contributed by atoms with Gasteiger partial charge in [-0.3, -0.25) is 9.97 Å². The molecule has 23 heavy (non-hydrogen) atoms. The molecule has 0 aliphatic rings. The fraction of sp³-hybridized carbons (Fsp3) is 0.200. The van der Waals surface area contributed by atoms with Crippen LogP contribution in [0.15, 0.2) is 65.4 Å². The summed E-state index contributed by atoms with van der Waals surface area (Å²) in [6, 6.07) is 16.5. The molecule has 2 aromatic heterocycles. The Labute approximate surface area is 145 Å². The third-order valence-corrected chi connectivity index (χ3v) is 4.47. The number of pyridine rings is 2. The predicted octanol–water partition coefficient (Wildman–Crippen LogP) is 5.87. The van der Waals surface area contributed by atoms with E-state index >= 15 is 0 Å². The smallest absolute Gasteiger partial charge is 0.0717 e. The predicted molar refractivity (Wildman–Crippen MR) is 99.3 cm³/mol. The van der Waals surface area contributed by atoms with Crippen LogP contribution in [0.3, 0.4) is 0 Å². The Bertz CT molecular complexity index is 800. The summed E-state index contributed by atoms with van der Waals surface area (Å²) in [5.41, 5.74) is 5.37. The van der Waals surface area contributed by atoms with E-state index in [9.17, 15) is 0 Å². The number of hydrogen-bond acceptors (Lipinski definition) is 2. The third kappa shape index (κ3) is 3.50. The molecular weight excluding hydrogens is 348 g/mol. The number of hydrogen-bond donors (Lipinski definition) is 0. The first-order chi connectivity index (χ1) is 10.9. The van der Waals surface area contributed by atoms with Crippen molar-refractivity contribution in [3.63, 3.8) is 0 Å². The minimum atomic E-state index is 0.0649. The minimum Gasteiger partial charge on any atom is -0.260 e. The monoisotopic (exact) mass is 366 g/mol. The highest BCUT2D eigenvalue weighted by molar-refractivity contribution is 9.10. The molecule has 0 N–H and O–H groups in total. The fourth-order valence-electron chi connectivity index (χ4n) is 2.41. The molecule has 0 bridgehead atoms. The second-order valence-electron chi connectivity index (χ2n) is 6.59. The highest BCUT2D eigenvalue weighted by atomic mass is 79.9. The van der Waals surface area contributed by atoms with Gasteiger partial charge in [-0.05, 0) is 29.8 Å². The second kappa shape index (κ2) is 6.25. The van der Waals surface area contributed by atoms with Crippen molar-refractivity contribution in [3.05, 3.63) is 71.1 Å². The summed E-state index contributed by atoms with van der Waals surface area (Å²) in [6.07, 6.45) is 3.81. The standard InChI is InChI=1S/C20H19BrN2/c1-20(2,3)19-11-9-15(13-23-19)18-10-8-14(12-22-18)16-6-4-5-7-17(16)21/h4-13H,1-3H3. The molecule has 0 radical (unpaired) electrons. The van der Waals surface area contributed by atoms with Crippen molar-refractivity contribution in [1.29, 1.82) is 0 Å². The lowest BCUT2D eigenvalue weighted by Crippen LogP contribution is -2.12. The van der Waals surface area contributed by atoms with Gasteiger partial charge in [-0.2, -0.15) is 0 Å². The van der Waals surface area contributed by atoms with Gasteiger partial charge in [0.05, 0.1) is 5.69 Å². The summed E-state index contributed by atoms with van der Waals surface area (Å²) < 4.78 is 1.07. The van der Waals surface area contributed by atoms with Crippen molar-refractivity contribution >= 4 is 15.9 Å². The van der Waals surface area contributed by atoms with E-state index in [2.05, 4.69) is 70.9 Å². The lowest BCUT2D eigenvalue weighted by Gasteiger charge is -2.17. The zero-order valence-electron chi connectivity index (χ0n) is 13.5. The van der Waals surface area contributed by atoms with Gasteiger partial charge in [0.25, 0.3) is 0 Å². The highest BCUT2D eigenvalue weighted by Crippen LogP contribution is 2.29. The Hall–Kier alpha value is -2.00. The largest absolute Gasteiger partial charge is 0.260 e. The van der Waals surface area contributed by atoms with Crippen molar-refractivity contribution in [2.75, 3.05) is 0 Å². The molecule has 0 aliphatic carbocycles. The van der Waals surface area contributed by atoms with Crippen molar-refractivity contribution in [2.24, 2.45) is 0 Å². The maximum absolute atomic E-state index is 4.60. The zero-order valence-corrected chi connectivity index (χ0v) is 15.1. The van der Waals surface area contributed by atoms with Crippen LogP contribution in [0.2, 0.25) is 0 Å². The van der Waals surface area contributed by atoms with Gasteiger partial charge < -0.3 is 0 Å². The molecule has 2 nitrogen and oxygen atoms in total. The maximum atomic E-state index is 4.60. The first kappa shape index (κ1) is 15.9. The molecule has 1 aromatic carbocycles. The average Bonchev–Trinajstić information content (AvgIpc) is 2.55. The normalized spacial score (nSPS) is 11.5. The zero-order chi connectivity index (χ0) is 16.4. The number of aromatic nitrogens is 2. The van der Waals surface area contributed by atoms with Gasteiger partial charge in [0.1, 0.15) is 0 Å². The molecule has 0 unspecified atom stereocenters. The first-order valence-corrected chi connectivity index (χ1v) is 8.42. The Morgan fingerprint density at radius 1 is 0.783 bits per heavy atom. The van der Waals surface area contributed by atoms with E-state index < -0.39 is 0 Å². The molecule has 116 valence electrons. The Balaban J connectivity index is 1.89. The molecule has 0 saturated carbocycles. The Morgan fingerprint density at radius 2 is 1.48 bits per heavy atom. The summed E-state index contributed by atoms with van der Waals surface area (Å²) in [6.45, 7) is 6.50. The van der Waals surface area contributed by atoms with Crippen LogP contribution in [0.4, 0.5) is 0 Å². The fourth-order valence-corrected chi connectivity index (χ4v) is 2.92. The average molecular weight is 367 g/mol. The van der Waals surface area contributed by atoms with Gasteiger partial charge in [0, 0.05) is 39.1 Å². The van der Waals surface area contributed by atoms with Crippen LogP contribution >= 0.6 is 15.9 Å². The quantitative estimate of drug-likeness (QED) is 0.566. The maximum Gasteiger partial charge on any atom is 0.0717 e. The highest BCUT2D eigenvalue weighted by Gasteiger charge is 2.15. The number of rotatable bonds is 2. The molecule has 2 heterocycles. The topological polar surface area (TPSA) is 25.8 Å². The Kier molecular flexibility index (Phi) is 4.31. The van der Waals surface area contributed by atoms with E-state index in [-0.39, 0.29) is 5.41 Å². The van der Waals surface area contributed by atoms with E-state index in [0.29, 0.717) is 0 Å². The molecule has 0 saturated heterocycles. The lowest BCUT2D eigenvalue weighted by atomic mass is 9.91. The van der Waals surface area contributed by atoms with Crippen molar-refractivity contribution < 1.29 is 0 Å². The van der Waals surface area contributed by atoms with Gasteiger partial charge in [-0.1, -0.05) is 61.0 Å². The molecule has 0 amide bonds. The van der Waals surface area contributed by atoms with E-state index in [0.717, 1.165) is 32.6 Å². The molecule has 0 aliphatic heterocycles. The number of benzene rings is 1. The van der Waals surface area contributed by atoms with Crippen molar-refractivity contribution in [2.45, 2.75) is 26.2 Å². The summed E-state index contributed by atoms with van der Waals surface area (Å²) in [5, 5.41) is 0. The molecule has 0 atom stereocenters. The summed E-state index contributed by atoms with van der Waals surface area (Å²) in [7, 11) is 0. The van der Waals surface area contributed by atoms with Gasteiger partial charge in [0.2, 0.25) is 0 Å². The van der Waals surface area contributed by atoms with Crippen LogP contribution in [0, 0.1) is 0 Å². The molecule has 3 aromatic rings. The van der Waals surface area contributed by atoms with Crippen LogP contribution in [-0.4, -0.2) is 9.97 Å². The van der Waals surface area contributed by atoms with Crippen molar-refractivity contribution in [1.82, 2.24) is 9.97 Å². The van der Waals surface area contributed by atoms with Crippen LogP contribution < -0.4 is 0 Å². The molecule has 3 heteroatoms. The number of nitrogens with zero attached hydrogens (tertiary/aromatic N) is 2. The summed E-state index contributed by atoms with van der Waals surface area (Å²) in [5.74, 6) is 0. The SMILES string of the molecule is CC(C)(C)c1ccc(-c2ccc(-c3ccccc3Br)cn2)cn1. The van der Waals surface area contributed by atoms with Crippen LogP contribution in [0.25, 0.3) is 22.4 Å². The van der Waals surface area contributed by atoms with Gasteiger partial charge >= 0.3 is 0 Å². The van der Waals surface area contributed by atoms with E-state index in [1.165, 1.54) is 0 Å². The molecule has 3 rings (SSSR count). The third-order valence-electron chi connectivity index (χ3n) is 3.78. The van der Waals surface area contributed by atoms with Crippen molar-refractivity contribution in [3.8, 4) is 22.4 Å². The second-order valence-corrected chi connectivity index (χ2v) is 7.45. The number of halogens is 1. The van der Waals surface area contributed by atoms with Gasteiger partial charge in [-0.15, -0.1) is 0 Å². The molecular formula is C20H19BrN2. The lowest BCUT2D eigenvalue weighted by molar-refractivity contribution is 0.569.